The molecule has 0 atom stereocenters. The van der Waals surface area contributed by atoms with Crippen molar-refractivity contribution in [3.05, 3.63) is 53.7 Å². The lowest BCUT2D eigenvalue weighted by Gasteiger charge is -2.34. The van der Waals surface area contributed by atoms with Crippen LogP contribution in [0.15, 0.2) is 47.6 Å². The number of guanidine groups is 1. The Balaban J connectivity index is 1.58. The van der Waals surface area contributed by atoms with Crippen LogP contribution in [-0.4, -0.2) is 63.2 Å². The zero-order valence-corrected chi connectivity index (χ0v) is 17.0. The first-order valence-corrected chi connectivity index (χ1v) is 9.64. The van der Waals surface area contributed by atoms with Crippen molar-refractivity contribution in [1.29, 1.82) is 0 Å². The summed E-state index contributed by atoms with van der Waals surface area (Å²) in [6.45, 7) is 5.48. The number of methoxy groups -OCH3 is 1. The predicted molar refractivity (Wildman–Crippen MR) is 114 cm³/mol. The highest BCUT2D eigenvalue weighted by atomic mass is 16.5. The van der Waals surface area contributed by atoms with Gasteiger partial charge in [-0.15, -0.1) is 0 Å². The number of aliphatic imine (C=N–C) groups is 1. The summed E-state index contributed by atoms with van der Waals surface area (Å²) in [5, 5.41) is 6.76. The second kappa shape index (κ2) is 9.94. The number of anilines is 1. The van der Waals surface area contributed by atoms with E-state index in [2.05, 4.69) is 49.6 Å². The van der Waals surface area contributed by atoms with Crippen LogP contribution in [0.4, 0.5) is 5.82 Å². The first-order chi connectivity index (χ1) is 13.7. The van der Waals surface area contributed by atoms with E-state index in [0.29, 0.717) is 13.1 Å². The van der Waals surface area contributed by atoms with E-state index in [1.165, 1.54) is 5.56 Å². The number of pyridine rings is 1. The van der Waals surface area contributed by atoms with Gasteiger partial charge in [-0.2, -0.15) is 0 Å². The van der Waals surface area contributed by atoms with Crippen molar-refractivity contribution in [3.63, 3.8) is 0 Å². The third kappa shape index (κ3) is 5.36. The van der Waals surface area contributed by atoms with Gasteiger partial charge >= 0.3 is 0 Å². The number of rotatable bonds is 6. The molecule has 1 aliphatic rings. The Bertz CT molecular complexity index is 786. The zero-order chi connectivity index (χ0) is 19.8. The van der Waals surface area contributed by atoms with Crippen LogP contribution in [0.2, 0.25) is 0 Å². The summed E-state index contributed by atoms with van der Waals surface area (Å²) in [4.78, 5) is 13.7. The summed E-state index contributed by atoms with van der Waals surface area (Å²) < 4.78 is 5.28. The molecule has 7 nitrogen and oxygen atoms in total. The maximum Gasteiger partial charge on any atom is 0.191 e. The van der Waals surface area contributed by atoms with Gasteiger partial charge in [0.2, 0.25) is 0 Å². The second-order valence-corrected chi connectivity index (χ2v) is 6.91. The summed E-state index contributed by atoms with van der Waals surface area (Å²) in [5.41, 5.74) is 2.32. The first kappa shape index (κ1) is 19.9. The molecule has 3 rings (SSSR count). The molecule has 1 saturated heterocycles. The normalized spacial score (nSPS) is 15.4. The first-order valence-electron chi connectivity index (χ1n) is 9.64. The topological polar surface area (TPSA) is 65.0 Å². The molecule has 0 saturated carbocycles. The van der Waals surface area contributed by atoms with Crippen molar-refractivity contribution in [1.82, 2.24) is 20.5 Å². The molecular formula is C21H30N6O. The molecule has 1 fully saturated rings. The number of nitrogens with one attached hydrogen (secondary N) is 2. The molecule has 2 aromatic rings. The maximum absolute atomic E-state index is 5.28. The van der Waals surface area contributed by atoms with E-state index < -0.39 is 0 Å². The number of aromatic nitrogens is 1. The minimum absolute atomic E-state index is 0.674. The predicted octanol–water partition coefficient (Wildman–Crippen LogP) is 1.71. The van der Waals surface area contributed by atoms with Gasteiger partial charge in [0.15, 0.2) is 5.96 Å². The van der Waals surface area contributed by atoms with E-state index in [9.17, 15) is 0 Å². The molecule has 28 heavy (non-hydrogen) atoms. The van der Waals surface area contributed by atoms with E-state index in [-0.39, 0.29) is 0 Å². The van der Waals surface area contributed by atoms with Gasteiger partial charge in [-0.1, -0.05) is 18.2 Å². The molecular weight excluding hydrogens is 352 g/mol. The van der Waals surface area contributed by atoms with Crippen molar-refractivity contribution in [2.75, 3.05) is 52.3 Å². The van der Waals surface area contributed by atoms with Crippen molar-refractivity contribution < 1.29 is 4.74 Å². The molecule has 7 heteroatoms. The van der Waals surface area contributed by atoms with Crippen molar-refractivity contribution in [2.45, 2.75) is 13.1 Å². The van der Waals surface area contributed by atoms with Gasteiger partial charge in [-0.25, -0.2) is 4.98 Å². The summed E-state index contributed by atoms with van der Waals surface area (Å²) in [6.07, 6.45) is 1.87. The molecule has 2 N–H and O–H groups in total. The lowest BCUT2D eigenvalue weighted by Crippen LogP contribution is -2.45. The van der Waals surface area contributed by atoms with Gasteiger partial charge in [-0.05, 0) is 30.8 Å². The summed E-state index contributed by atoms with van der Waals surface area (Å²) in [6, 6.07) is 12.1. The highest BCUT2D eigenvalue weighted by Gasteiger charge is 2.17. The standard InChI is InChI=1S/C21H30N6O/c1-22-21(24-15-17-6-4-8-19(14-17)28-3)25-16-18-7-5-9-23-20(18)27-12-10-26(2)11-13-27/h4-9,14H,10-13,15-16H2,1-3H3,(H2,22,24,25). The lowest BCUT2D eigenvalue weighted by atomic mass is 10.2. The molecule has 0 unspecified atom stereocenters. The number of piperazine rings is 1. The molecule has 1 aliphatic heterocycles. The smallest absolute Gasteiger partial charge is 0.191 e. The van der Waals surface area contributed by atoms with Gasteiger partial charge < -0.3 is 25.2 Å². The number of nitrogens with zero attached hydrogens (tertiary/aromatic N) is 4. The van der Waals surface area contributed by atoms with Crippen LogP contribution in [0.5, 0.6) is 5.75 Å². The molecule has 0 spiro atoms. The molecule has 150 valence electrons. The number of hydrogen-bond donors (Lipinski definition) is 2. The SMILES string of the molecule is CN=C(NCc1cccc(OC)c1)NCc1cccnc1N1CCN(C)CC1. The zero-order valence-electron chi connectivity index (χ0n) is 17.0. The molecule has 1 aromatic carbocycles. The summed E-state index contributed by atoms with van der Waals surface area (Å²) in [5.74, 6) is 2.68. The second-order valence-electron chi connectivity index (χ2n) is 6.91. The summed E-state index contributed by atoms with van der Waals surface area (Å²) in [7, 11) is 5.63. The molecule has 0 amide bonds. The molecule has 2 heterocycles. The van der Waals surface area contributed by atoms with Gasteiger partial charge in [0.25, 0.3) is 0 Å². The van der Waals surface area contributed by atoms with Crippen LogP contribution < -0.4 is 20.3 Å². The van der Waals surface area contributed by atoms with E-state index in [0.717, 1.165) is 49.3 Å². The molecule has 0 bridgehead atoms. The Kier molecular flexibility index (Phi) is 7.08. The minimum atomic E-state index is 0.674. The van der Waals surface area contributed by atoms with Gasteiger partial charge in [-0.3, -0.25) is 4.99 Å². The quantitative estimate of drug-likeness (QED) is 0.586. The number of likely N-dealkylation sites (N-methyl/N-ethyl adjacent to an activating group) is 1. The molecule has 0 aliphatic carbocycles. The molecule has 1 aromatic heterocycles. The monoisotopic (exact) mass is 382 g/mol. The Hall–Kier alpha value is -2.80. The van der Waals surface area contributed by atoms with Crippen molar-refractivity contribution >= 4 is 11.8 Å². The van der Waals surface area contributed by atoms with Gasteiger partial charge in [0.1, 0.15) is 11.6 Å². The highest BCUT2D eigenvalue weighted by Crippen LogP contribution is 2.18. The van der Waals surface area contributed by atoms with Crippen molar-refractivity contribution in [2.24, 2.45) is 4.99 Å². The summed E-state index contributed by atoms with van der Waals surface area (Å²) >= 11 is 0. The number of ether oxygens (including phenoxy) is 1. The Morgan fingerprint density at radius 2 is 1.89 bits per heavy atom. The lowest BCUT2D eigenvalue weighted by molar-refractivity contribution is 0.312. The fourth-order valence-electron chi connectivity index (χ4n) is 3.24. The Labute approximate surface area is 167 Å². The third-order valence-corrected chi connectivity index (χ3v) is 4.93. The van der Waals surface area contributed by atoms with Crippen LogP contribution in [-0.2, 0) is 13.1 Å². The van der Waals surface area contributed by atoms with Crippen LogP contribution in [0, 0.1) is 0 Å². The van der Waals surface area contributed by atoms with E-state index in [1.807, 2.05) is 30.5 Å². The third-order valence-electron chi connectivity index (χ3n) is 4.93. The van der Waals surface area contributed by atoms with E-state index in [1.54, 1.807) is 14.2 Å². The van der Waals surface area contributed by atoms with Crippen LogP contribution in [0.1, 0.15) is 11.1 Å². The Morgan fingerprint density at radius 1 is 1.11 bits per heavy atom. The Morgan fingerprint density at radius 3 is 2.64 bits per heavy atom. The fraction of sp³-hybridized carbons (Fsp3) is 0.429. The van der Waals surface area contributed by atoms with Gasteiger partial charge in [0, 0.05) is 58.1 Å². The fourth-order valence-corrected chi connectivity index (χ4v) is 3.24. The van der Waals surface area contributed by atoms with Crippen LogP contribution >= 0.6 is 0 Å². The van der Waals surface area contributed by atoms with Crippen LogP contribution in [0.3, 0.4) is 0 Å². The van der Waals surface area contributed by atoms with Crippen molar-refractivity contribution in [3.8, 4) is 5.75 Å². The van der Waals surface area contributed by atoms with Gasteiger partial charge in [0.05, 0.1) is 7.11 Å². The average Bonchev–Trinajstić information content (AvgIpc) is 2.75. The average molecular weight is 383 g/mol. The van der Waals surface area contributed by atoms with E-state index >= 15 is 0 Å². The maximum atomic E-state index is 5.28. The minimum Gasteiger partial charge on any atom is -0.497 e. The highest BCUT2D eigenvalue weighted by molar-refractivity contribution is 5.79. The largest absolute Gasteiger partial charge is 0.497 e. The number of benzene rings is 1. The van der Waals surface area contributed by atoms with Crippen LogP contribution in [0.25, 0.3) is 0 Å². The molecule has 0 radical (unpaired) electrons. The number of hydrogen-bond acceptors (Lipinski definition) is 5. The van der Waals surface area contributed by atoms with E-state index in [4.69, 9.17) is 4.74 Å².